The highest BCUT2D eigenvalue weighted by Gasteiger charge is 2.32. The van der Waals surface area contributed by atoms with Gasteiger partial charge in [0, 0.05) is 26.2 Å². The topological polar surface area (TPSA) is 96.3 Å². The largest absolute Gasteiger partial charge is 0.351 e. The van der Waals surface area contributed by atoms with Crippen molar-refractivity contribution in [3.05, 3.63) is 56.6 Å². The minimum atomic E-state index is -4.27. The normalized spacial score (nSPS) is 17.0. The van der Waals surface area contributed by atoms with Crippen molar-refractivity contribution in [3.8, 4) is 0 Å². The molecule has 1 unspecified atom stereocenters. The number of anilines is 3. The van der Waals surface area contributed by atoms with Gasteiger partial charge in [0.25, 0.3) is 5.56 Å². The van der Waals surface area contributed by atoms with E-state index in [2.05, 4.69) is 15.0 Å². The van der Waals surface area contributed by atoms with E-state index in [1.165, 1.54) is 30.1 Å². The smallest absolute Gasteiger partial charge is 0.301 e. The van der Waals surface area contributed by atoms with E-state index in [1.807, 2.05) is 0 Å². The molecule has 1 aliphatic heterocycles. The van der Waals surface area contributed by atoms with Crippen LogP contribution in [0.2, 0.25) is 10.0 Å². The highest BCUT2D eigenvalue weighted by atomic mass is 35.5. The Labute approximate surface area is 196 Å². The van der Waals surface area contributed by atoms with Gasteiger partial charge in [-0.1, -0.05) is 23.2 Å². The molecule has 8 nitrogen and oxygen atoms in total. The zero-order valence-electron chi connectivity index (χ0n) is 16.9. The van der Waals surface area contributed by atoms with E-state index in [-0.39, 0.29) is 41.1 Å². The van der Waals surface area contributed by atoms with Crippen LogP contribution >= 0.6 is 23.2 Å². The summed E-state index contributed by atoms with van der Waals surface area (Å²) >= 11 is 12.5. The molecule has 1 saturated heterocycles. The number of aromatic nitrogens is 2. The molecule has 3 aromatic rings. The number of alkyl halides is 1. The third-order valence-electron chi connectivity index (χ3n) is 5.11. The maximum absolute atomic E-state index is 14.6. The molecule has 0 amide bonds. The molecule has 2 heterocycles. The van der Waals surface area contributed by atoms with Gasteiger partial charge in [-0.2, -0.15) is 12.7 Å². The number of halogens is 5. The van der Waals surface area contributed by atoms with Gasteiger partial charge in [-0.3, -0.25) is 9.52 Å². The molecule has 2 aromatic carbocycles. The summed E-state index contributed by atoms with van der Waals surface area (Å²) in [4.78, 5) is 16.5. The lowest BCUT2D eigenvalue weighted by Crippen LogP contribution is -2.34. The second-order valence-electron chi connectivity index (χ2n) is 7.37. The van der Waals surface area contributed by atoms with Gasteiger partial charge in [-0.15, -0.1) is 0 Å². The fourth-order valence-electron chi connectivity index (χ4n) is 3.38. The summed E-state index contributed by atoms with van der Waals surface area (Å²) < 4.78 is 71.5. The van der Waals surface area contributed by atoms with Gasteiger partial charge in [-0.05, 0) is 18.6 Å². The van der Waals surface area contributed by atoms with Crippen molar-refractivity contribution in [3.63, 3.8) is 0 Å². The summed E-state index contributed by atoms with van der Waals surface area (Å²) in [5.74, 6) is -2.80. The molecule has 2 N–H and O–H groups in total. The molecule has 33 heavy (non-hydrogen) atoms. The SMILES string of the molecule is Cn1cnc2ccc(Nc3c(F)c(F)cc(NS(=O)(=O)N4CCC(F)C4)c3Cl)c(Cl)c2c1=O. The van der Waals surface area contributed by atoms with Crippen LogP contribution in [-0.2, 0) is 17.3 Å². The van der Waals surface area contributed by atoms with Crippen molar-refractivity contribution in [2.24, 2.45) is 7.05 Å². The molecular weight excluding hydrogens is 506 g/mol. The van der Waals surface area contributed by atoms with Gasteiger partial charge in [-0.25, -0.2) is 18.2 Å². The lowest BCUT2D eigenvalue weighted by Gasteiger charge is -2.19. The van der Waals surface area contributed by atoms with Gasteiger partial charge in [0.1, 0.15) is 6.17 Å². The van der Waals surface area contributed by atoms with Gasteiger partial charge in [0.05, 0.1) is 44.3 Å². The minimum Gasteiger partial charge on any atom is -0.351 e. The number of fused-ring (bicyclic) bond motifs is 1. The number of benzene rings is 2. The Kier molecular flexibility index (Phi) is 6.20. The van der Waals surface area contributed by atoms with Crippen LogP contribution in [-0.4, -0.2) is 41.5 Å². The number of nitrogens with one attached hydrogen (secondary N) is 2. The average molecular weight is 522 g/mol. The Morgan fingerprint density at radius 2 is 1.91 bits per heavy atom. The first-order valence-electron chi connectivity index (χ1n) is 9.50. The third-order valence-corrected chi connectivity index (χ3v) is 7.39. The summed E-state index contributed by atoms with van der Waals surface area (Å²) in [6.45, 7) is -0.435. The van der Waals surface area contributed by atoms with Crippen LogP contribution < -0.4 is 15.6 Å². The van der Waals surface area contributed by atoms with Gasteiger partial charge >= 0.3 is 10.2 Å². The van der Waals surface area contributed by atoms with E-state index in [0.717, 1.165) is 4.31 Å². The predicted octanol–water partition coefficient (Wildman–Crippen LogP) is 3.96. The van der Waals surface area contributed by atoms with E-state index < -0.39 is 50.0 Å². The van der Waals surface area contributed by atoms with Crippen molar-refractivity contribution in [1.82, 2.24) is 13.9 Å². The van der Waals surface area contributed by atoms with Gasteiger partial charge in [0.15, 0.2) is 11.6 Å². The second-order valence-corrected chi connectivity index (χ2v) is 9.79. The second kappa shape index (κ2) is 8.67. The Hall–Kier alpha value is -2.54. The van der Waals surface area contributed by atoms with Gasteiger partial charge in [0.2, 0.25) is 0 Å². The maximum Gasteiger partial charge on any atom is 0.301 e. The number of rotatable bonds is 5. The molecule has 0 saturated carbocycles. The highest BCUT2D eigenvalue weighted by molar-refractivity contribution is 7.90. The first-order valence-corrected chi connectivity index (χ1v) is 11.7. The fraction of sp³-hybridized carbons (Fsp3) is 0.263. The molecule has 1 aliphatic rings. The average Bonchev–Trinajstić information content (AvgIpc) is 3.20. The van der Waals surface area contributed by atoms with Gasteiger partial charge < -0.3 is 9.88 Å². The summed E-state index contributed by atoms with van der Waals surface area (Å²) in [5, 5.41) is 1.95. The Morgan fingerprint density at radius 1 is 1.18 bits per heavy atom. The Balaban J connectivity index is 1.75. The molecular formula is C19H16Cl2F3N5O3S. The van der Waals surface area contributed by atoms with Crippen molar-refractivity contribution >= 4 is 61.4 Å². The van der Waals surface area contributed by atoms with Crippen LogP contribution in [0.4, 0.5) is 30.2 Å². The van der Waals surface area contributed by atoms with E-state index in [4.69, 9.17) is 23.2 Å². The molecule has 176 valence electrons. The number of hydrogen-bond acceptors (Lipinski definition) is 5. The first-order chi connectivity index (χ1) is 15.5. The minimum absolute atomic E-state index is 0.00860. The molecule has 0 bridgehead atoms. The van der Waals surface area contributed by atoms with E-state index in [0.29, 0.717) is 6.07 Å². The van der Waals surface area contributed by atoms with Crippen molar-refractivity contribution < 1.29 is 21.6 Å². The Morgan fingerprint density at radius 3 is 2.58 bits per heavy atom. The fourth-order valence-corrected chi connectivity index (χ4v) is 5.23. The first kappa shape index (κ1) is 23.6. The molecule has 14 heteroatoms. The van der Waals surface area contributed by atoms with Crippen LogP contribution in [0.5, 0.6) is 0 Å². The monoisotopic (exact) mass is 521 g/mol. The van der Waals surface area contributed by atoms with Crippen LogP contribution in [0.3, 0.4) is 0 Å². The zero-order chi connectivity index (χ0) is 24.1. The molecule has 4 rings (SSSR count). The molecule has 1 fully saturated rings. The lowest BCUT2D eigenvalue weighted by molar-refractivity contribution is 0.343. The van der Waals surface area contributed by atoms with Crippen LogP contribution in [0, 0.1) is 11.6 Å². The third kappa shape index (κ3) is 4.35. The van der Waals surface area contributed by atoms with Crippen LogP contribution in [0.15, 0.2) is 29.3 Å². The summed E-state index contributed by atoms with van der Waals surface area (Å²) in [6, 6.07) is 3.40. The summed E-state index contributed by atoms with van der Waals surface area (Å²) in [5.41, 5.74) is -1.25. The molecule has 0 spiro atoms. The molecule has 1 atom stereocenters. The van der Waals surface area contributed by atoms with Crippen LogP contribution in [0.25, 0.3) is 10.9 Å². The quantitative estimate of drug-likeness (QED) is 0.495. The number of aryl methyl sites for hydroxylation is 1. The zero-order valence-corrected chi connectivity index (χ0v) is 19.2. The molecule has 0 radical (unpaired) electrons. The van der Waals surface area contributed by atoms with E-state index >= 15 is 0 Å². The summed E-state index contributed by atoms with van der Waals surface area (Å²) in [6.07, 6.45) is 0.00575. The number of hydrogen-bond donors (Lipinski definition) is 2. The van der Waals surface area contributed by atoms with E-state index in [9.17, 15) is 26.4 Å². The van der Waals surface area contributed by atoms with Crippen molar-refractivity contribution in [2.75, 3.05) is 23.1 Å². The predicted molar refractivity (Wildman–Crippen MR) is 120 cm³/mol. The molecule has 1 aromatic heterocycles. The van der Waals surface area contributed by atoms with Crippen molar-refractivity contribution in [1.29, 1.82) is 0 Å². The Bertz CT molecular complexity index is 1430. The standard InChI is InChI=1S/C19H16Cl2F3N5O3S/c1-28-8-25-11-2-3-12(15(20)14(11)19(28)30)26-18-16(21)13(6-10(23)17(18)24)27-33(31,32)29-5-4-9(22)7-29/h2-3,6,8-9,26-27H,4-5,7H2,1H3. The molecule has 0 aliphatic carbocycles. The van der Waals surface area contributed by atoms with Crippen molar-refractivity contribution in [2.45, 2.75) is 12.6 Å². The lowest BCUT2D eigenvalue weighted by atomic mass is 10.2. The highest BCUT2D eigenvalue weighted by Crippen LogP contribution is 2.39. The summed E-state index contributed by atoms with van der Waals surface area (Å²) in [7, 11) is -2.80. The number of nitrogens with zero attached hydrogens (tertiary/aromatic N) is 3. The van der Waals surface area contributed by atoms with Crippen LogP contribution in [0.1, 0.15) is 6.42 Å². The maximum atomic E-state index is 14.6. The van der Waals surface area contributed by atoms with E-state index in [1.54, 1.807) is 0 Å².